The second-order valence-corrected chi connectivity index (χ2v) is 2.87. The van der Waals surface area contributed by atoms with Gasteiger partial charge in [0.25, 0.3) is 0 Å². The number of rotatable bonds is 4. The third kappa shape index (κ3) is 2.89. The first kappa shape index (κ1) is 9.52. The minimum atomic E-state index is 0.242. The average Bonchev–Trinajstić information content (AvgIpc) is 2.00. The van der Waals surface area contributed by atoms with Crippen LogP contribution in [0.15, 0.2) is 0 Å². The van der Waals surface area contributed by atoms with Crippen LogP contribution in [0.2, 0.25) is 0 Å². The third-order valence-electron chi connectivity index (χ3n) is 2.20. The molecule has 1 atom stereocenters. The molecule has 0 aromatic rings. The summed E-state index contributed by atoms with van der Waals surface area (Å²) in [6.45, 7) is 4.37. The molecule has 1 unspecified atom stereocenters. The van der Waals surface area contributed by atoms with E-state index >= 15 is 0 Å². The molecule has 0 amide bonds. The van der Waals surface area contributed by atoms with Crippen LogP contribution < -0.4 is 5.32 Å². The van der Waals surface area contributed by atoms with E-state index in [1.165, 1.54) is 0 Å². The molecule has 0 radical (unpaired) electrons. The van der Waals surface area contributed by atoms with Crippen molar-refractivity contribution >= 4 is 0 Å². The molecule has 0 aromatic carbocycles. The van der Waals surface area contributed by atoms with E-state index in [9.17, 15) is 0 Å². The van der Waals surface area contributed by atoms with Crippen molar-refractivity contribution in [3.8, 4) is 12.3 Å². The smallest absolute Gasteiger partial charge is 0.0156 e. The van der Waals surface area contributed by atoms with Crippen LogP contribution in [0, 0.1) is 12.3 Å². The number of nitrogens with one attached hydrogen (secondary N) is 1. The Morgan fingerprint density at radius 1 is 1.60 bits per heavy atom. The Kier molecular flexibility index (Phi) is 4.14. The molecule has 0 aliphatic rings. The van der Waals surface area contributed by atoms with E-state index in [0.717, 1.165) is 19.3 Å². The van der Waals surface area contributed by atoms with Crippen LogP contribution in [-0.2, 0) is 0 Å². The maximum absolute atomic E-state index is 5.17. The van der Waals surface area contributed by atoms with Gasteiger partial charge in [-0.3, -0.25) is 0 Å². The Labute approximate surface area is 64.2 Å². The van der Waals surface area contributed by atoms with Crippen LogP contribution in [0.5, 0.6) is 0 Å². The lowest BCUT2D eigenvalue weighted by Crippen LogP contribution is -2.38. The van der Waals surface area contributed by atoms with Gasteiger partial charge in [-0.25, -0.2) is 0 Å². The van der Waals surface area contributed by atoms with Crippen molar-refractivity contribution < 1.29 is 0 Å². The largest absolute Gasteiger partial charge is 0.315 e. The van der Waals surface area contributed by atoms with Crippen molar-refractivity contribution in [3.63, 3.8) is 0 Å². The molecule has 0 bridgehead atoms. The maximum Gasteiger partial charge on any atom is 0.0156 e. The molecule has 58 valence electrons. The van der Waals surface area contributed by atoms with E-state index in [2.05, 4.69) is 25.1 Å². The predicted octanol–water partition coefficient (Wildman–Crippen LogP) is 1.79. The van der Waals surface area contributed by atoms with Gasteiger partial charge in [0.15, 0.2) is 0 Å². The van der Waals surface area contributed by atoms with Crippen LogP contribution in [0.4, 0.5) is 0 Å². The molecular weight excluding hydrogens is 122 g/mol. The van der Waals surface area contributed by atoms with Crippen LogP contribution in [0.3, 0.4) is 0 Å². The fraction of sp³-hybridized carbons (Fsp3) is 0.778. The minimum absolute atomic E-state index is 0.242. The molecule has 0 aliphatic heterocycles. The zero-order valence-corrected chi connectivity index (χ0v) is 7.20. The molecule has 1 nitrogen and oxygen atoms in total. The van der Waals surface area contributed by atoms with Gasteiger partial charge in [-0.15, -0.1) is 12.3 Å². The third-order valence-corrected chi connectivity index (χ3v) is 2.20. The monoisotopic (exact) mass is 139 g/mol. The minimum Gasteiger partial charge on any atom is -0.315 e. The first-order valence-corrected chi connectivity index (χ1v) is 3.81. The Morgan fingerprint density at radius 2 is 2.20 bits per heavy atom. The van der Waals surface area contributed by atoms with Crippen molar-refractivity contribution in [2.24, 2.45) is 0 Å². The summed E-state index contributed by atoms with van der Waals surface area (Å²) in [6, 6.07) is 0. The summed E-state index contributed by atoms with van der Waals surface area (Å²) < 4.78 is 0. The first-order chi connectivity index (χ1) is 4.68. The highest BCUT2D eigenvalue weighted by Crippen LogP contribution is 2.14. The standard InChI is InChI=1S/C9H17N/c1-5-7-8-9(3,6-2)10-4/h1,10H,6-8H2,2-4H3. The topological polar surface area (TPSA) is 12.0 Å². The molecule has 0 spiro atoms. The van der Waals surface area contributed by atoms with Gasteiger partial charge in [-0.05, 0) is 26.8 Å². The summed E-state index contributed by atoms with van der Waals surface area (Å²) in [6.07, 6.45) is 8.23. The molecule has 0 aromatic heterocycles. The molecule has 0 heterocycles. The summed E-state index contributed by atoms with van der Waals surface area (Å²) in [5.41, 5.74) is 0.242. The van der Waals surface area contributed by atoms with Crippen molar-refractivity contribution in [2.45, 2.75) is 38.6 Å². The van der Waals surface area contributed by atoms with Gasteiger partial charge >= 0.3 is 0 Å². The molecule has 0 saturated heterocycles. The van der Waals surface area contributed by atoms with Crippen LogP contribution >= 0.6 is 0 Å². The Balaban J connectivity index is 3.71. The summed E-state index contributed by atoms with van der Waals surface area (Å²) in [7, 11) is 1.99. The van der Waals surface area contributed by atoms with E-state index in [1.54, 1.807) is 0 Å². The fourth-order valence-electron chi connectivity index (χ4n) is 0.827. The first-order valence-electron chi connectivity index (χ1n) is 3.81. The normalized spacial score (nSPS) is 15.8. The van der Waals surface area contributed by atoms with Crippen molar-refractivity contribution in [3.05, 3.63) is 0 Å². The van der Waals surface area contributed by atoms with Crippen molar-refractivity contribution in [2.75, 3.05) is 7.05 Å². The summed E-state index contributed by atoms with van der Waals surface area (Å²) in [4.78, 5) is 0. The van der Waals surface area contributed by atoms with E-state index in [4.69, 9.17) is 6.42 Å². The van der Waals surface area contributed by atoms with E-state index in [-0.39, 0.29) is 5.54 Å². The summed E-state index contributed by atoms with van der Waals surface area (Å²) in [5.74, 6) is 2.65. The van der Waals surface area contributed by atoms with Gasteiger partial charge in [0.1, 0.15) is 0 Å². The molecule has 0 aliphatic carbocycles. The summed E-state index contributed by atoms with van der Waals surface area (Å²) in [5, 5.41) is 3.27. The van der Waals surface area contributed by atoms with Crippen LogP contribution in [-0.4, -0.2) is 12.6 Å². The van der Waals surface area contributed by atoms with Gasteiger partial charge in [0, 0.05) is 12.0 Å². The zero-order valence-electron chi connectivity index (χ0n) is 7.20. The van der Waals surface area contributed by atoms with Gasteiger partial charge in [0.2, 0.25) is 0 Å². The molecule has 10 heavy (non-hydrogen) atoms. The lowest BCUT2D eigenvalue weighted by atomic mass is 9.93. The lowest BCUT2D eigenvalue weighted by Gasteiger charge is -2.26. The number of hydrogen-bond acceptors (Lipinski definition) is 1. The van der Waals surface area contributed by atoms with Gasteiger partial charge in [-0.2, -0.15) is 0 Å². The van der Waals surface area contributed by atoms with E-state index < -0.39 is 0 Å². The SMILES string of the molecule is C#CCCC(C)(CC)NC. The highest BCUT2D eigenvalue weighted by molar-refractivity contribution is 4.90. The highest BCUT2D eigenvalue weighted by atomic mass is 14.9. The Bertz CT molecular complexity index is 117. The van der Waals surface area contributed by atoms with Gasteiger partial charge in [0.05, 0.1) is 0 Å². The molecule has 1 N–H and O–H groups in total. The quantitative estimate of drug-likeness (QED) is 0.585. The molecule has 0 fully saturated rings. The molecule has 0 rings (SSSR count). The Hall–Kier alpha value is -0.480. The average molecular weight is 139 g/mol. The highest BCUT2D eigenvalue weighted by Gasteiger charge is 2.17. The maximum atomic E-state index is 5.17. The molecular formula is C9H17N. The molecule has 0 saturated carbocycles. The number of terminal acetylenes is 1. The van der Waals surface area contributed by atoms with E-state index in [0.29, 0.717) is 0 Å². The van der Waals surface area contributed by atoms with Crippen LogP contribution in [0.1, 0.15) is 33.1 Å². The fourth-order valence-corrected chi connectivity index (χ4v) is 0.827. The predicted molar refractivity (Wildman–Crippen MR) is 45.8 cm³/mol. The summed E-state index contributed by atoms with van der Waals surface area (Å²) >= 11 is 0. The van der Waals surface area contributed by atoms with Gasteiger partial charge in [-0.1, -0.05) is 6.92 Å². The van der Waals surface area contributed by atoms with Crippen LogP contribution in [0.25, 0.3) is 0 Å². The molecule has 1 heteroatoms. The lowest BCUT2D eigenvalue weighted by molar-refractivity contribution is 0.349. The number of hydrogen-bond donors (Lipinski definition) is 1. The second kappa shape index (κ2) is 4.35. The van der Waals surface area contributed by atoms with Gasteiger partial charge < -0.3 is 5.32 Å². The Morgan fingerprint density at radius 3 is 2.50 bits per heavy atom. The zero-order chi connectivity index (χ0) is 8.04. The van der Waals surface area contributed by atoms with Crippen molar-refractivity contribution in [1.29, 1.82) is 0 Å². The van der Waals surface area contributed by atoms with Crippen molar-refractivity contribution in [1.82, 2.24) is 5.32 Å². The second-order valence-electron chi connectivity index (χ2n) is 2.87. The van der Waals surface area contributed by atoms with E-state index in [1.807, 2.05) is 7.05 Å².